The Morgan fingerprint density at radius 3 is 2.96 bits per heavy atom. The van der Waals surface area contributed by atoms with Gasteiger partial charge in [-0.2, -0.15) is 0 Å². The molecule has 0 aliphatic carbocycles. The summed E-state index contributed by atoms with van der Waals surface area (Å²) >= 11 is 5.97. The summed E-state index contributed by atoms with van der Waals surface area (Å²) in [4.78, 5) is 11.6. The van der Waals surface area contributed by atoms with E-state index in [1.165, 1.54) is 6.07 Å². The summed E-state index contributed by atoms with van der Waals surface area (Å²) in [7, 11) is 0. The highest BCUT2D eigenvalue weighted by molar-refractivity contribution is 6.30. The van der Waals surface area contributed by atoms with Gasteiger partial charge >= 0.3 is 0 Å². The van der Waals surface area contributed by atoms with E-state index < -0.39 is 5.82 Å². The van der Waals surface area contributed by atoms with E-state index in [2.05, 4.69) is 5.32 Å². The predicted molar refractivity (Wildman–Crippen MR) is 89.5 cm³/mol. The largest absolute Gasteiger partial charge is 0.355 e. The first-order valence-corrected chi connectivity index (χ1v) is 8.92. The number of hydrogen-bond donors (Lipinski definition) is 1. The van der Waals surface area contributed by atoms with Crippen molar-refractivity contribution < 1.29 is 18.7 Å². The standard InChI is InChI=1S/C18H23ClFNO3/c19-14-11-13(4-5-15(14)20)18(7-6-16(22)21-12-18)8-10-24-17-3-1-2-9-23-17/h4-5,11,17H,1-3,6-10,12H2,(H,21,22). The normalized spacial score (nSPS) is 27.8. The maximum atomic E-state index is 13.5. The smallest absolute Gasteiger partial charge is 0.220 e. The minimum atomic E-state index is -0.428. The zero-order valence-electron chi connectivity index (χ0n) is 13.7. The Labute approximate surface area is 146 Å². The highest BCUT2D eigenvalue weighted by Gasteiger charge is 2.36. The van der Waals surface area contributed by atoms with E-state index in [4.69, 9.17) is 21.1 Å². The summed E-state index contributed by atoms with van der Waals surface area (Å²) in [6, 6.07) is 4.82. The molecule has 2 fully saturated rings. The molecule has 4 nitrogen and oxygen atoms in total. The first-order chi connectivity index (χ1) is 11.6. The van der Waals surface area contributed by atoms with Crippen LogP contribution in [0, 0.1) is 5.82 Å². The van der Waals surface area contributed by atoms with Crippen molar-refractivity contribution in [1.82, 2.24) is 5.32 Å². The lowest BCUT2D eigenvalue weighted by molar-refractivity contribution is -0.165. The molecule has 1 aromatic rings. The Hall–Kier alpha value is -1.17. The van der Waals surface area contributed by atoms with E-state index in [0.29, 0.717) is 26.0 Å². The van der Waals surface area contributed by atoms with Crippen LogP contribution in [0.15, 0.2) is 18.2 Å². The average molecular weight is 356 g/mol. The van der Waals surface area contributed by atoms with Crippen molar-refractivity contribution in [2.75, 3.05) is 19.8 Å². The van der Waals surface area contributed by atoms with E-state index in [-0.39, 0.29) is 22.6 Å². The quantitative estimate of drug-likeness (QED) is 0.878. The van der Waals surface area contributed by atoms with Crippen molar-refractivity contribution in [2.45, 2.75) is 50.2 Å². The molecule has 3 rings (SSSR count). The number of carbonyl (C=O) groups excluding carboxylic acids is 1. The number of rotatable bonds is 5. The fourth-order valence-electron chi connectivity index (χ4n) is 3.46. The van der Waals surface area contributed by atoms with E-state index in [9.17, 15) is 9.18 Å². The van der Waals surface area contributed by atoms with E-state index in [1.807, 2.05) is 0 Å². The maximum absolute atomic E-state index is 13.5. The van der Waals surface area contributed by atoms with Crippen LogP contribution < -0.4 is 5.32 Å². The van der Waals surface area contributed by atoms with Crippen LogP contribution in [0.25, 0.3) is 0 Å². The van der Waals surface area contributed by atoms with Crippen LogP contribution in [-0.4, -0.2) is 32.0 Å². The monoisotopic (exact) mass is 355 g/mol. The Morgan fingerprint density at radius 2 is 2.29 bits per heavy atom. The van der Waals surface area contributed by atoms with Crippen molar-refractivity contribution in [3.8, 4) is 0 Å². The number of amides is 1. The number of ether oxygens (including phenoxy) is 2. The molecule has 0 radical (unpaired) electrons. The molecular weight excluding hydrogens is 333 g/mol. The van der Waals surface area contributed by atoms with Gasteiger partial charge in [0.1, 0.15) is 5.82 Å². The van der Waals surface area contributed by atoms with Crippen LogP contribution in [0.2, 0.25) is 5.02 Å². The molecule has 2 aliphatic heterocycles. The predicted octanol–water partition coefficient (Wildman–Crippen LogP) is 3.56. The first kappa shape index (κ1) is 17.6. The van der Waals surface area contributed by atoms with E-state index in [1.54, 1.807) is 12.1 Å². The third-order valence-corrected chi connectivity index (χ3v) is 5.30. The number of benzene rings is 1. The second kappa shape index (κ2) is 7.81. The molecule has 2 saturated heterocycles. The summed E-state index contributed by atoms with van der Waals surface area (Å²) < 4.78 is 25.0. The number of carbonyl (C=O) groups is 1. The van der Waals surface area contributed by atoms with E-state index >= 15 is 0 Å². The van der Waals surface area contributed by atoms with Gasteiger partial charge in [0.05, 0.1) is 11.6 Å². The summed E-state index contributed by atoms with van der Waals surface area (Å²) in [6.45, 7) is 1.80. The van der Waals surface area contributed by atoms with Gasteiger partial charge in [0.25, 0.3) is 0 Å². The van der Waals surface area contributed by atoms with Crippen molar-refractivity contribution in [3.05, 3.63) is 34.6 Å². The molecule has 6 heteroatoms. The summed E-state index contributed by atoms with van der Waals surface area (Å²) in [5.41, 5.74) is 0.668. The molecule has 2 unspecified atom stereocenters. The Bertz CT molecular complexity index is 580. The molecule has 132 valence electrons. The summed E-state index contributed by atoms with van der Waals surface area (Å²) in [5, 5.41) is 3.04. The van der Waals surface area contributed by atoms with Gasteiger partial charge in [-0.3, -0.25) is 4.79 Å². The fraction of sp³-hybridized carbons (Fsp3) is 0.611. The third kappa shape index (κ3) is 4.08. The minimum absolute atomic E-state index is 0.0513. The molecule has 2 heterocycles. The lowest BCUT2D eigenvalue weighted by atomic mass is 9.72. The van der Waals surface area contributed by atoms with Crippen LogP contribution in [-0.2, 0) is 19.7 Å². The van der Waals surface area contributed by atoms with Crippen molar-refractivity contribution in [1.29, 1.82) is 0 Å². The van der Waals surface area contributed by atoms with Gasteiger partial charge in [-0.05, 0) is 49.8 Å². The van der Waals surface area contributed by atoms with Crippen molar-refractivity contribution in [2.24, 2.45) is 0 Å². The lowest BCUT2D eigenvalue weighted by Crippen LogP contribution is -2.47. The number of nitrogens with one attached hydrogen (secondary N) is 1. The van der Waals surface area contributed by atoms with Crippen LogP contribution in [0.4, 0.5) is 4.39 Å². The molecule has 0 aromatic heterocycles. The van der Waals surface area contributed by atoms with Crippen LogP contribution in [0.1, 0.15) is 44.1 Å². The van der Waals surface area contributed by atoms with Crippen LogP contribution in [0.5, 0.6) is 0 Å². The Kier molecular flexibility index (Phi) is 5.74. The zero-order valence-corrected chi connectivity index (χ0v) is 14.4. The van der Waals surface area contributed by atoms with Gasteiger partial charge in [-0.15, -0.1) is 0 Å². The van der Waals surface area contributed by atoms with Gasteiger partial charge in [-0.25, -0.2) is 4.39 Å². The second-order valence-corrected chi connectivity index (χ2v) is 7.01. The molecule has 24 heavy (non-hydrogen) atoms. The van der Waals surface area contributed by atoms with Crippen LogP contribution in [0.3, 0.4) is 0 Å². The van der Waals surface area contributed by atoms with Gasteiger partial charge in [0.15, 0.2) is 6.29 Å². The molecular formula is C18H23ClFNO3. The van der Waals surface area contributed by atoms with Gasteiger partial charge in [0, 0.05) is 25.0 Å². The lowest BCUT2D eigenvalue weighted by Gasteiger charge is -2.38. The molecule has 2 atom stereocenters. The summed E-state index contributed by atoms with van der Waals surface area (Å²) in [6.07, 6.45) is 4.89. The fourth-order valence-corrected chi connectivity index (χ4v) is 3.64. The molecule has 0 saturated carbocycles. The van der Waals surface area contributed by atoms with Gasteiger partial charge in [-0.1, -0.05) is 17.7 Å². The second-order valence-electron chi connectivity index (χ2n) is 6.60. The molecule has 1 aromatic carbocycles. The van der Waals surface area contributed by atoms with Gasteiger partial charge < -0.3 is 14.8 Å². The molecule has 1 amide bonds. The highest BCUT2D eigenvalue weighted by Crippen LogP contribution is 2.37. The molecule has 1 N–H and O–H groups in total. The number of halogens is 2. The molecule has 0 bridgehead atoms. The summed E-state index contributed by atoms with van der Waals surface area (Å²) in [5.74, 6) is -0.377. The maximum Gasteiger partial charge on any atom is 0.220 e. The van der Waals surface area contributed by atoms with Gasteiger partial charge in [0.2, 0.25) is 5.91 Å². The van der Waals surface area contributed by atoms with E-state index in [0.717, 1.165) is 37.9 Å². The molecule has 2 aliphatic rings. The van der Waals surface area contributed by atoms with Crippen molar-refractivity contribution in [3.63, 3.8) is 0 Å². The highest BCUT2D eigenvalue weighted by atomic mass is 35.5. The average Bonchev–Trinajstić information content (AvgIpc) is 2.60. The number of hydrogen-bond acceptors (Lipinski definition) is 3. The third-order valence-electron chi connectivity index (χ3n) is 5.01. The zero-order chi connectivity index (χ0) is 17.0. The molecule has 0 spiro atoms. The first-order valence-electron chi connectivity index (χ1n) is 8.54. The van der Waals surface area contributed by atoms with Crippen LogP contribution >= 0.6 is 11.6 Å². The minimum Gasteiger partial charge on any atom is -0.355 e. The Balaban J connectivity index is 1.70. The van der Waals surface area contributed by atoms with Crippen molar-refractivity contribution >= 4 is 17.5 Å². The number of piperidine rings is 1. The topological polar surface area (TPSA) is 47.6 Å². The Morgan fingerprint density at radius 1 is 1.42 bits per heavy atom. The SMILES string of the molecule is O=C1CCC(CCOC2CCCCO2)(c2ccc(F)c(Cl)c2)CN1.